The van der Waals surface area contributed by atoms with Gasteiger partial charge >= 0.3 is 0 Å². The molecule has 0 amide bonds. The first kappa shape index (κ1) is 14.7. The maximum absolute atomic E-state index is 6.12. The topological polar surface area (TPSA) is 38.4 Å². The molecule has 4 heteroatoms. The standard InChI is InChI=1S/C20H13ClN2O/c21-17-6-2-1-5-15(17)13-22-16-11-9-14(10-12-16)20-23-18-7-3-4-8-19(18)24-20/h1-13H. The minimum Gasteiger partial charge on any atom is -0.436 e. The molecule has 0 aliphatic rings. The molecule has 0 N–H and O–H groups in total. The van der Waals surface area contributed by atoms with Crippen LogP contribution in [0, 0.1) is 0 Å². The van der Waals surface area contributed by atoms with Gasteiger partial charge in [0, 0.05) is 22.4 Å². The van der Waals surface area contributed by atoms with E-state index in [1.807, 2.05) is 72.8 Å². The highest BCUT2D eigenvalue weighted by atomic mass is 35.5. The van der Waals surface area contributed by atoms with Crippen molar-refractivity contribution in [3.05, 3.63) is 83.4 Å². The minimum absolute atomic E-state index is 0.609. The van der Waals surface area contributed by atoms with Crippen LogP contribution in [0.25, 0.3) is 22.6 Å². The molecule has 0 radical (unpaired) electrons. The summed E-state index contributed by atoms with van der Waals surface area (Å²) in [5, 5.41) is 0.685. The molecule has 0 unspecified atom stereocenters. The lowest BCUT2D eigenvalue weighted by atomic mass is 10.2. The zero-order valence-electron chi connectivity index (χ0n) is 12.7. The van der Waals surface area contributed by atoms with E-state index in [0.29, 0.717) is 10.9 Å². The van der Waals surface area contributed by atoms with Gasteiger partial charge < -0.3 is 4.42 Å². The highest BCUT2D eigenvalue weighted by Gasteiger charge is 2.07. The van der Waals surface area contributed by atoms with Crippen LogP contribution >= 0.6 is 11.6 Å². The van der Waals surface area contributed by atoms with Crippen molar-refractivity contribution in [1.82, 2.24) is 4.98 Å². The van der Waals surface area contributed by atoms with Crippen LogP contribution in [0.3, 0.4) is 0 Å². The van der Waals surface area contributed by atoms with Crippen LogP contribution in [0.15, 0.2) is 82.2 Å². The minimum atomic E-state index is 0.609. The highest BCUT2D eigenvalue weighted by Crippen LogP contribution is 2.26. The number of hydrogen-bond donors (Lipinski definition) is 0. The summed E-state index contributed by atoms with van der Waals surface area (Å²) in [6.07, 6.45) is 1.76. The second-order valence-electron chi connectivity index (χ2n) is 5.31. The van der Waals surface area contributed by atoms with Gasteiger partial charge in [0.05, 0.1) is 5.69 Å². The van der Waals surface area contributed by atoms with E-state index in [9.17, 15) is 0 Å². The van der Waals surface area contributed by atoms with Gasteiger partial charge in [0.2, 0.25) is 5.89 Å². The van der Waals surface area contributed by atoms with E-state index in [1.54, 1.807) is 6.21 Å². The number of hydrogen-bond acceptors (Lipinski definition) is 3. The van der Waals surface area contributed by atoms with E-state index in [-0.39, 0.29) is 0 Å². The molecule has 0 spiro atoms. The average Bonchev–Trinajstić information content (AvgIpc) is 3.06. The summed E-state index contributed by atoms with van der Waals surface area (Å²) in [5.41, 5.74) is 4.29. The lowest BCUT2D eigenvalue weighted by molar-refractivity contribution is 0.620. The molecule has 4 aromatic rings. The lowest BCUT2D eigenvalue weighted by Gasteiger charge is -1.98. The quantitative estimate of drug-likeness (QED) is 0.438. The number of rotatable bonds is 3. The summed E-state index contributed by atoms with van der Waals surface area (Å²) in [6.45, 7) is 0. The Hall–Kier alpha value is -2.91. The molecule has 116 valence electrons. The Bertz CT molecular complexity index is 986. The molecule has 0 atom stereocenters. The lowest BCUT2D eigenvalue weighted by Crippen LogP contribution is -1.81. The number of aromatic nitrogens is 1. The number of para-hydroxylation sites is 2. The number of oxazole rings is 1. The summed E-state index contributed by atoms with van der Waals surface area (Å²) in [7, 11) is 0. The molecule has 1 aromatic heterocycles. The van der Waals surface area contributed by atoms with Gasteiger partial charge in [-0.05, 0) is 42.5 Å². The van der Waals surface area contributed by atoms with Crippen molar-refractivity contribution in [3.8, 4) is 11.5 Å². The summed E-state index contributed by atoms with van der Waals surface area (Å²) in [5.74, 6) is 0.609. The molecule has 3 aromatic carbocycles. The Morgan fingerprint density at radius 1 is 0.875 bits per heavy atom. The van der Waals surface area contributed by atoms with Crippen LogP contribution in [-0.4, -0.2) is 11.2 Å². The van der Waals surface area contributed by atoms with E-state index >= 15 is 0 Å². The van der Waals surface area contributed by atoms with Crippen molar-refractivity contribution in [2.75, 3.05) is 0 Å². The van der Waals surface area contributed by atoms with Gasteiger partial charge in [0.1, 0.15) is 5.52 Å². The van der Waals surface area contributed by atoms with Gasteiger partial charge in [-0.25, -0.2) is 4.98 Å². The summed E-state index contributed by atoms with van der Waals surface area (Å²) in [6, 6.07) is 23.1. The predicted molar refractivity (Wildman–Crippen MR) is 98.2 cm³/mol. The molecule has 1 heterocycles. The van der Waals surface area contributed by atoms with E-state index in [1.165, 1.54) is 0 Å². The van der Waals surface area contributed by atoms with Crippen LogP contribution in [0.1, 0.15) is 5.56 Å². The van der Waals surface area contributed by atoms with Crippen molar-refractivity contribution in [3.63, 3.8) is 0 Å². The molecule has 4 rings (SSSR count). The molecule has 0 saturated heterocycles. The van der Waals surface area contributed by atoms with Gasteiger partial charge in [-0.1, -0.05) is 41.9 Å². The molecular weight excluding hydrogens is 320 g/mol. The summed E-state index contributed by atoms with van der Waals surface area (Å²) in [4.78, 5) is 8.95. The third-order valence-electron chi connectivity index (χ3n) is 3.67. The van der Waals surface area contributed by atoms with Gasteiger partial charge in [-0.3, -0.25) is 4.99 Å². The fourth-order valence-corrected chi connectivity index (χ4v) is 2.59. The van der Waals surface area contributed by atoms with E-state index in [4.69, 9.17) is 16.0 Å². The SMILES string of the molecule is Clc1ccccc1C=Nc1ccc(-c2nc3ccccc3o2)cc1. The highest BCUT2D eigenvalue weighted by molar-refractivity contribution is 6.33. The zero-order chi connectivity index (χ0) is 16.4. The van der Waals surface area contributed by atoms with E-state index < -0.39 is 0 Å². The third-order valence-corrected chi connectivity index (χ3v) is 4.01. The van der Waals surface area contributed by atoms with Crippen molar-refractivity contribution in [1.29, 1.82) is 0 Å². The van der Waals surface area contributed by atoms with Gasteiger partial charge in [0.25, 0.3) is 0 Å². The van der Waals surface area contributed by atoms with Crippen LogP contribution in [-0.2, 0) is 0 Å². The molecular formula is C20H13ClN2O. The molecule has 24 heavy (non-hydrogen) atoms. The monoisotopic (exact) mass is 332 g/mol. The maximum Gasteiger partial charge on any atom is 0.227 e. The van der Waals surface area contributed by atoms with Gasteiger partial charge in [-0.15, -0.1) is 0 Å². The van der Waals surface area contributed by atoms with Crippen LogP contribution in [0.5, 0.6) is 0 Å². The number of aliphatic imine (C=N–C) groups is 1. The smallest absolute Gasteiger partial charge is 0.227 e. The Morgan fingerprint density at radius 3 is 2.42 bits per heavy atom. The van der Waals surface area contributed by atoms with Crippen molar-refractivity contribution < 1.29 is 4.42 Å². The van der Waals surface area contributed by atoms with Crippen LogP contribution in [0.4, 0.5) is 5.69 Å². The first-order chi connectivity index (χ1) is 11.8. The van der Waals surface area contributed by atoms with E-state index in [2.05, 4.69) is 9.98 Å². The number of halogens is 1. The second kappa shape index (κ2) is 6.30. The maximum atomic E-state index is 6.12. The molecule has 0 bridgehead atoms. The van der Waals surface area contributed by atoms with Crippen molar-refractivity contribution in [2.24, 2.45) is 4.99 Å². The summed E-state index contributed by atoms with van der Waals surface area (Å²) >= 11 is 6.12. The Balaban J connectivity index is 1.59. The number of fused-ring (bicyclic) bond motifs is 1. The van der Waals surface area contributed by atoms with Crippen LogP contribution in [0.2, 0.25) is 5.02 Å². The first-order valence-corrected chi connectivity index (χ1v) is 7.92. The first-order valence-electron chi connectivity index (χ1n) is 7.54. The number of benzene rings is 3. The van der Waals surface area contributed by atoms with Gasteiger partial charge in [0.15, 0.2) is 5.58 Å². The van der Waals surface area contributed by atoms with Crippen molar-refractivity contribution >= 4 is 34.6 Å². The van der Waals surface area contributed by atoms with Gasteiger partial charge in [-0.2, -0.15) is 0 Å². The third kappa shape index (κ3) is 2.94. The Kier molecular flexibility index (Phi) is 3.85. The molecule has 0 fully saturated rings. The normalized spacial score (nSPS) is 11.4. The average molecular weight is 333 g/mol. The van der Waals surface area contributed by atoms with Crippen LogP contribution < -0.4 is 0 Å². The summed E-state index contributed by atoms with van der Waals surface area (Å²) < 4.78 is 5.77. The Morgan fingerprint density at radius 2 is 1.62 bits per heavy atom. The fraction of sp³-hybridized carbons (Fsp3) is 0. The largest absolute Gasteiger partial charge is 0.436 e. The number of nitrogens with zero attached hydrogens (tertiary/aromatic N) is 2. The molecule has 3 nitrogen and oxygen atoms in total. The zero-order valence-corrected chi connectivity index (χ0v) is 13.4. The predicted octanol–water partition coefficient (Wildman–Crippen LogP) is 5.90. The molecule has 0 aliphatic carbocycles. The fourth-order valence-electron chi connectivity index (χ4n) is 2.41. The molecule has 0 aliphatic heterocycles. The van der Waals surface area contributed by atoms with E-state index in [0.717, 1.165) is 27.9 Å². The molecule has 0 saturated carbocycles. The Labute approximate surface area is 144 Å². The second-order valence-corrected chi connectivity index (χ2v) is 5.72. The van der Waals surface area contributed by atoms with Crippen molar-refractivity contribution in [2.45, 2.75) is 0 Å².